The predicted molar refractivity (Wildman–Crippen MR) is 103 cm³/mol. The average Bonchev–Trinajstić information content (AvgIpc) is 2.94. The Bertz CT molecular complexity index is 939. The molecule has 0 atom stereocenters. The van der Waals surface area contributed by atoms with E-state index < -0.39 is 0 Å². The Hall–Kier alpha value is -1.89. The fraction of sp³-hybridized carbons (Fsp3) is 0.0588. The third kappa shape index (κ3) is 3.95. The van der Waals surface area contributed by atoms with Gasteiger partial charge in [-0.2, -0.15) is 0 Å². The molecule has 4 nitrogen and oxygen atoms in total. The molecule has 1 aromatic heterocycles. The van der Waals surface area contributed by atoms with E-state index in [1.54, 1.807) is 19.3 Å². The minimum absolute atomic E-state index is 0.262. The number of carbonyl (C=O) groups excluding carboxylic acids is 1. The number of carbonyl (C=O) groups is 1. The van der Waals surface area contributed by atoms with Crippen LogP contribution in [0.5, 0.6) is 5.75 Å². The third-order valence-corrected chi connectivity index (χ3v) is 4.85. The Morgan fingerprint density at radius 2 is 2.17 bits per heavy atom. The van der Waals surface area contributed by atoms with Gasteiger partial charge in [0.25, 0.3) is 0 Å². The second kappa shape index (κ2) is 7.34. The molecule has 0 saturated carbocycles. The predicted octanol–water partition coefficient (Wildman–Crippen LogP) is 5.37. The van der Waals surface area contributed by atoms with Crippen molar-refractivity contribution in [1.29, 1.82) is 0 Å². The summed E-state index contributed by atoms with van der Waals surface area (Å²) in [5.41, 5.74) is 1.61. The molecular formula is C17H12BrClN2O2S. The largest absolute Gasteiger partial charge is 0.496 e. The number of aromatic nitrogens is 1. The number of benzene rings is 2. The number of nitrogens with one attached hydrogen (secondary N) is 1. The summed E-state index contributed by atoms with van der Waals surface area (Å²) in [4.78, 5) is 16.5. The zero-order valence-corrected chi connectivity index (χ0v) is 15.7. The highest BCUT2D eigenvalue weighted by atomic mass is 79.9. The van der Waals surface area contributed by atoms with Crippen LogP contribution in [0.25, 0.3) is 16.3 Å². The monoisotopic (exact) mass is 422 g/mol. The molecule has 0 radical (unpaired) electrons. The van der Waals surface area contributed by atoms with Gasteiger partial charge in [-0.05, 0) is 42.5 Å². The first-order chi connectivity index (χ1) is 11.5. The first-order valence-corrected chi connectivity index (χ1v) is 8.92. The number of thiazole rings is 1. The van der Waals surface area contributed by atoms with Crippen molar-refractivity contribution in [3.8, 4) is 5.75 Å². The molecule has 0 saturated heterocycles. The Kier molecular flexibility index (Phi) is 5.18. The van der Waals surface area contributed by atoms with Gasteiger partial charge in [0.05, 0.1) is 17.3 Å². The molecule has 7 heteroatoms. The average molecular weight is 424 g/mol. The van der Waals surface area contributed by atoms with Gasteiger partial charge < -0.3 is 4.74 Å². The van der Waals surface area contributed by atoms with E-state index in [0.29, 0.717) is 15.9 Å². The van der Waals surface area contributed by atoms with Crippen molar-refractivity contribution in [2.24, 2.45) is 0 Å². The molecule has 0 fully saturated rings. The lowest BCUT2D eigenvalue weighted by atomic mass is 10.2. The number of amides is 1. The van der Waals surface area contributed by atoms with Crippen LogP contribution >= 0.6 is 38.9 Å². The lowest BCUT2D eigenvalue weighted by molar-refractivity contribution is -0.111. The highest BCUT2D eigenvalue weighted by Gasteiger charge is 2.07. The molecule has 1 heterocycles. The van der Waals surface area contributed by atoms with E-state index in [0.717, 1.165) is 20.3 Å². The van der Waals surface area contributed by atoms with E-state index in [1.165, 1.54) is 17.4 Å². The van der Waals surface area contributed by atoms with Gasteiger partial charge in [0.15, 0.2) is 5.13 Å². The summed E-state index contributed by atoms with van der Waals surface area (Å²) in [7, 11) is 1.59. The smallest absolute Gasteiger partial charge is 0.250 e. The second-order valence-corrected chi connectivity index (χ2v) is 7.22. The van der Waals surface area contributed by atoms with Gasteiger partial charge in [-0.15, -0.1) is 0 Å². The fourth-order valence-corrected chi connectivity index (χ4v) is 3.62. The summed E-state index contributed by atoms with van der Waals surface area (Å²) >= 11 is 10.7. The number of hydrogen-bond acceptors (Lipinski definition) is 4. The van der Waals surface area contributed by atoms with Gasteiger partial charge in [-0.25, -0.2) is 4.98 Å². The number of halogens is 2. The number of methoxy groups -OCH3 is 1. The summed E-state index contributed by atoms with van der Waals surface area (Å²) in [5.74, 6) is 0.430. The molecule has 24 heavy (non-hydrogen) atoms. The Balaban J connectivity index is 1.76. The summed E-state index contributed by atoms with van der Waals surface area (Å²) in [6.07, 6.45) is 3.15. The van der Waals surface area contributed by atoms with Crippen LogP contribution in [-0.2, 0) is 4.79 Å². The molecule has 0 aliphatic heterocycles. The minimum Gasteiger partial charge on any atom is -0.496 e. The quantitative estimate of drug-likeness (QED) is 0.574. The number of hydrogen-bond donors (Lipinski definition) is 1. The minimum atomic E-state index is -0.262. The summed E-state index contributed by atoms with van der Waals surface area (Å²) in [6, 6.07) is 11.0. The van der Waals surface area contributed by atoms with Gasteiger partial charge in [-0.3, -0.25) is 10.1 Å². The molecule has 0 aliphatic rings. The fourth-order valence-electron chi connectivity index (χ4n) is 2.10. The molecule has 1 amide bonds. The van der Waals surface area contributed by atoms with Crippen molar-refractivity contribution >= 4 is 66.2 Å². The van der Waals surface area contributed by atoms with E-state index >= 15 is 0 Å². The van der Waals surface area contributed by atoms with E-state index in [2.05, 4.69) is 26.2 Å². The highest BCUT2D eigenvalue weighted by Crippen LogP contribution is 2.28. The number of fused-ring (bicyclic) bond motifs is 1. The molecule has 0 bridgehead atoms. The van der Waals surface area contributed by atoms with Gasteiger partial charge in [0.1, 0.15) is 5.75 Å². The van der Waals surface area contributed by atoms with Crippen LogP contribution < -0.4 is 10.1 Å². The lowest BCUT2D eigenvalue weighted by Gasteiger charge is -2.04. The topological polar surface area (TPSA) is 51.2 Å². The lowest BCUT2D eigenvalue weighted by Crippen LogP contribution is -2.07. The molecule has 122 valence electrons. The Morgan fingerprint density at radius 1 is 1.33 bits per heavy atom. The number of ether oxygens (including phenoxy) is 1. The zero-order chi connectivity index (χ0) is 17.1. The molecule has 2 aromatic carbocycles. The maximum Gasteiger partial charge on any atom is 0.250 e. The summed E-state index contributed by atoms with van der Waals surface area (Å²) in [6.45, 7) is 0. The van der Waals surface area contributed by atoms with Crippen molar-refractivity contribution in [2.45, 2.75) is 0 Å². The van der Waals surface area contributed by atoms with Crippen LogP contribution in [0.2, 0.25) is 5.02 Å². The molecule has 0 unspecified atom stereocenters. The number of nitrogens with zero attached hydrogens (tertiary/aromatic N) is 1. The third-order valence-electron chi connectivity index (χ3n) is 3.19. The highest BCUT2D eigenvalue weighted by molar-refractivity contribution is 9.10. The zero-order valence-electron chi connectivity index (χ0n) is 12.5. The van der Waals surface area contributed by atoms with Crippen LogP contribution in [0.4, 0.5) is 5.13 Å². The van der Waals surface area contributed by atoms with Crippen molar-refractivity contribution in [3.63, 3.8) is 0 Å². The first kappa shape index (κ1) is 17.0. The van der Waals surface area contributed by atoms with Crippen LogP contribution in [0, 0.1) is 0 Å². The first-order valence-electron chi connectivity index (χ1n) is 6.94. The maximum atomic E-state index is 12.1. The van der Waals surface area contributed by atoms with Crippen molar-refractivity contribution in [1.82, 2.24) is 4.98 Å². The van der Waals surface area contributed by atoms with Crippen molar-refractivity contribution < 1.29 is 9.53 Å². The Labute approximate surface area is 156 Å². The molecular weight excluding hydrogens is 412 g/mol. The Morgan fingerprint density at radius 3 is 2.96 bits per heavy atom. The van der Waals surface area contributed by atoms with Gasteiger partial charge in [0.2, 0.25) is 5.91 Å². The molecule has 0 aliphatic carbocycles. The summed E-state index contributed by atoms with van der Waals surface area (Å²) < 4.78 is 7.11. The SMILES string of the molecule is COc1ccc(Br)cc1/C=C/C(=O)Nc1nc2ccc(Cl)cc2s1. The van der Waals surface area contributed by atoms with Crippen LogP contribution in [0.3, 0.4) is 0 Å². The van der Waals surface area contributed by atoms with E-state index in [9.17, 15) is 4.79 Å². The van der Waals surface area contributed by atoms with Crippen LogP contribution in [0.15, 0.2) is 46.9 Å². The second-order valence-electron chi connectivity index (χ2n) is 4.84. The van der Waals surface area contributed by atoms with Gasteiger partial charge >= 0.3 is 0 Å². The summed E-state index contributed by atoms with van der Waals surface area (Å²) in [5, 5.41) is 3.93. The van der Waals surface area contributed by atoms with Gasteiger partial charge in [0, 0.05) is 21.1 Å². The molecule has 3 rings (SSSR count). The molecule has 0 spiro atoms. The standard InChI is InChI=1S/C17H12BrClN2O2S/c1-23-14-6-3-11(18)8-10(14)2-7-16(22)21-17-20-13-5-4-12(19)9-15(13)24-17/h2-9H,1H3,(H,20,21,22)/b7-2+. The van der Waals surface area contributed by atoms with Crippen molar-refractivity contribution in [2.75, 3.05) is 12.4 Å². The molecule has 1 N–H and O–H groups in total. The van der Waals surface area contributed by atoms with Crippen LogP contribution in [0.1, 0.15) is 5.56 Å². The molecule has 3 aromatic rings. The normalized spacial score (nSPS) is 11.1. The number of rotatable bonds is 4. The number of anilines is 1. The van der Waals surface area contributed by atoms with E-state index in [1.807, 2.05) is 30.3 Å². The van der Waals surface area contributed by atoms with Crippen molar-refractivity contribution in [3.05, 3.63) is 57.5 Å². The maximum absolute atomic E-state index is 12.1. The van der Waals surface area contributed by atoms with Crippen LogP contribution in [-0.4, -0.2) is 18.0 Å². The van der Waals surface area contributed by atoms with E-state index in [-0.39, 0.29) is 5.91 Å². The van der Waals surface area contributed by atoms with Gasteiger partial charge in [-0.1, -0.05) is 38.9 Å². The van der Waals surface area contributed by atoms with E-state index in [4.69, 9.17) is 16.3 Å².